The molecule has 16 heavy (non-hydrogen) atoms. The molecular formula is C11H14BrNO3. The molecule has 4 nitrogen and oxygen atoms in total. The highest BCUT2D eigenvalue weighted by Crippen LogP contribution is 2.24. The smallest absolute Gasteiger partial charge is 0.258 e. The summed E-state index contributed by atoms with van der Waals surface area (Å²) in [5, 5.41) is 8.85. The molecule has 0 radical (unpaired) electrons. The van der Waals surface area contributed by atoms with Crippen LogP contribution in [0.5, 0.6) is 0 Å². The highest BCUT2D eigenvalue weighted by molar-refractivity contribution is 9.10. The van der Waals surface area contributed by atoms with Crippen molar-refractivity contribution < 1.29 is 14.3 Å². The molecule has 0 aromatic carbocycles. The first-order valence-corrected chi connectivity index (χ1v) is 6.14. The molecular weight excluding hydrogens is 274 g/mol. The number of aliphatic hydroxyl groups is 1. The predicted octanol–water partition coefficient (Wildman–Crippen LogP) is 1.89. The first kappa shape index (κ1) is 11.7. The van der Waals surface area contributed by atoms with E-state index in [1.165, 1.54) is 6.26 Å². The van der Waals surface area contributed by atoms with E-state index >= 15 is 0 Å². The quantitative estimate of drug-likeness (QED) is 0.924. The van der Waals surface area contributed by atoms with E-state index < -0.39 is 0 Å². The number of nitrogens with zero attached hydrogens (tertiary/aromatic N) is 1. The first-order valence-electron chi connectivity index (χ1n) is 5.35. The molecule has 2 heterocycles. The van der Waals surface area contributed by atoms with Crippen molar-refractivity contribution >= 4 is 21.8 Å². The topological polar surface area (TPSA) is 53.7 Å². The third-order valence-corrected chi connectivity index (χ3v) is 3.57. The van der Waals surface area contributed by atoms with E-state index in [1.807, 2.05) is 4.90 Å². The van der Waals surface area contributed by atoms with Crippen molar-refractivity contribution in [3.8, 4) is 0 Å². The van der Waals surface area contributed by atoms with Crippen molar-refractivity contribution in [1.29, 1.82) is 0 Å². The molecule has 1 saturated heterocycles. The molecule has 1 aliphatic rings. The monoisotopic (exact) mass is 287 g/mol. The third kappa shape index (κ3) is 2.30. The summed E-state index contributed by atoms with van der Waals surface area (Å²) in [6.07, 6.45) is 3.25. The zero-order chi connectivity index (χ0) is 11.5. The Morgan fingerprint density at radius 1 is 1.69 bits per heavy atom. The average Bonchev–Trinajstić information content (AvgIpc) is 2.87. The normalized spacial score (nSPS) is 20.4. The van der Waals surface area contributed by atoms with E-state index in [1.54, 1.807) is 6.07 Å². The Morgan fingerprint density at radius 2 is 2.50 bits per heavy atom. The van der Waals surface area contributed by atoms with E-state index in [0.29, 0.717) is 16.2 Å². The van der Waals surface area contributed by atoms with Crippen LogP contribution >= 0.6 is 15.9 Å². The summed E-state index contributed by atoms with van der Waals surface area (Å²) in [5.74, 6) is 0.431. The zero-order valence-corrected chi connectivity index (χ0v) is 10.4. The molecule has 1 aromatic rings. The van der Waals surface area contributed by atoms with Crippen LogP contribution in [-0.2, 0) is 0 Å². The Balaban J connectivity index is 2.00. The molecule has 1 aromatic heterocycles. The fourth-order valence-corrected chi connectivity index (χ4v) is 2.46. The van der Waals surface area contributed by atoms with Gasteiger partial charge in [-0.2, -0.15) is 0 Å². The Bertz CT molecular complexity index is 377. The highest BCUT2D eigenvalue weighted by atomic mass is 79.9. The van der Waals surface area contributed by atoms with Gasteiger partial charge in [0.15, 0.2) is 4.67 Å². The first-order chi connectivity index (χ1) is 7.72. The summed E-state index contributed by atoms with van der Waals surface area (Å²) >= 11 is 3.21. The maximum absolute atomic E-state index is 12.1. The fraction of sp³-hybridized carbons (Fsp3) is 0.545. The largest absolute Gasteiger partial charge is 0.457 e. The van der Waals surface area contributed by atoms with Gasteiger partial charge in [0.2, 0.25) is 0 Å². The summed E-state index contributed by atoms with van der Waals surface area (Å²) < 4.78 is 5.54. The van der Waals surface area contributed by atoms with Gasteiger partial charge in [-0.1, -0.05) is 0 Å². The van der Waals surface area contributed by atoms with Crippen LogP contribution in [0.25, 0.3) is 0 Å². The maximum Gasteiger partial charge on any atom is 0.258 e. The van der Waals surface area contributed by atoms with Crippen LogP contribution in [0.4, 0.5) is 0 Å². The molecule has 0 bridgehead atoms. The minimum absolute atomic E-state index is 0.000986. The van der Waals surface area contributed by atoms with Gasteiger partial charge >= 0.3 is 0 Å². The van der Waals surface area contributed by atoms with Crippen molar-refractivity contribution in [3.63, 3.8) is 0 Å². The molecule has 1 atom stereocenters. The molecule has 0 aliphatic carbocycles. The molecule has 1 aliphatic heterocycles. The van der Waals surface area contributed by atoms with Crippen molar-refractivity contribution in [2.24, 2.45) is 5.92 Å². The van der Waals surface area contributed by atoms with E-state index in [4.69, 9.17) is 9.52 Å². The van der Waals surface area contributed by atoms with Crippen LogP contribution in [0.1, 0.15) is 23.2 Å². The van der Waals surface area contributed by atoms with E-state index in [-0.39, 0.29) is 12.5 Å². The summed E-state index contributed by atoms with van der Waals surface area (Å²) in [6, 6.07) is 1.67. The molecule has 0 saturated carbocycles. The van der Waals surface area contributed by atoms with Gasteiger partial charge in [-0.3, -0.25) is 4.79 Å². The second-order valence-corrected chi connectivity index (χ2v) is 4.75. The second-order valence-electron chi connectivity index (χ2n) is 4.03. The number of hydrogen-bond donors (Lipinski definition) is 1. The number of amides is 1. The molecule has 1 fully saturated rings. The van der Waals surface area contributed by atoms with Crippen LogP contribution in [0.15, 0.2) is 21.4 Å². The molecule has 2 rings (SSSR count). The number of halogens is 1. The number of likely N-dealkylation sites (tertiary alicyclic amines) is 1. The number of furan rings is 1. The number of carbonyl (C=O) groups excluding carboxylic acids is 1. The number of carbonyl (C=O) groups is 1. The van der Waals surface area contributed by atoms with Crippen molar-refractivity contribution in [1.82, 2.24) is 4.90 Å². The van der Waals surface area contributed by atoms with Crippen LogP contribution in [0.3, 0.4) is 0 Å². The standard InChI is InChI=1S/C11H14BrNO3/c12-10-9(3-6-16-10)11(15)13-4-1-8(7-13)2-5-14/h3,6,8,14H,1-2,4-5,7H2. The van der Waals surface area contributed by atoms with E-state index in [0.717, 1.165) is 25.9 Å². The Morgan fingerprint density at radius 3 is 3.12 bits per heavy atom. The van der Waals surface area contributed by atoms with Gasteiger partial charge in [0.1, 0.15) is 0 Å². The minimum Gasteiger partial charge on any atom is -0.457 e. The number of hydrogen-bond acceptors (Lipinski definition) is 3. The lowest BCUT2D eigenvalue weighted by Gasteiger charge is -2.15. The molecule has 5 heteroatoms. The molecule has 1 amide bonds. The van der Waals surface area contributed by atoms with Gasteiger partial charge in [-0.25, -0.2) is 0 Å². The number of aliphatic hydroxyl groups excluding tert-OH is 1. The average molecular weight is 288 g/mol. The zero-order valence-electron chi connectivity index (χ0n) is 8.86. The van der Waals surface area contributed by atoms with E-state index in [2.05, 4.69) is 15.9 Å². The van der Waals surface area contributed by atoms with Crippen LogP contribution in [0, 0.1) is 5.92 Å². The van der Waals surface area contributed by atoms with E-state index in [9.17, 15) is 4.79 Å². The van der Waals surface area contributed by atoms with Crippen LogP contribution in [0.2, 0.25) is 0 Å². The van der Waals surface area contributed by atoms with Crippen LogP contribution < -0.4 is 0 Å². The second kappa shape index (κ2) is 5.01. The molecule has 0 spiro atoms. The van der Waals surface area contributed by atoms with Gasteiger partial charge in [-0.05, 0) is 40.8 Å². The van der Waals surface area contributed by atoms with Gasteiger partial charge in [0.05, 0.1) is 11.8 Å². The Hall–Kier alpha value is -0.810. The lowest BCUT2D eigenvalue weighted by atomic mass is 10.1. The Kier molecular flexibility index (Phi) is 3.66. The number of rotatable bonds is 3. The lowest BCUT2D eigenvalue weighted by molar-refractivity contribution is 0.0783. The van der Waals surface area contributed by atoms with Crippen LogP contribution in [-0.4, -0.2) is 35.6 Å². The highest BCUT2D eigenvalue weighted by Gasteiger charge is 2.28. The summed E-state index contributed by atoms with van der Waals surface area (Å²) in [7, 11) is 0. The van der Waals surface area contributed by atoms with Gasteiger partial charge in [0, 0.05) is 19.7 Å². The maximum atomic E-state index is 12.1. The van der Waals surface area contributed by atoms with Crippen molar-refractivity contribution in [2.45, 2.75) is 12.8 Å². The van der Waals surface area contributed by atoms with Gasteiger partial charge in [0.25, 0.3) is 5.91 Å². The van der Waals surface area contributed by atoms with Crippen molar-refractivity contribution in [2.75, 3.05) is 19.7 Å². The summed E-state index contributed by atoms with van der Waals surface area (Å²) in [4.78, 5) is 13.9. The molecule has 1 N–H and O–H groups in total. The lowest BCUT2D eigenvalue weighted by Crippen LogP contribution is -2.28. The Labute approximate surface area is 102 Å². The third-order valence-electron chi connectivity index (χ3n) is 2.96. The van der Waals surface area contributed by atoms with Crippen molar-refractivity contribution in [3.05, 3.63) is 22.6 Å². The summed E-state index contributed by atoms with van der Waals surface area (Å²) in [5.41, 5.74) is 0.574. The predicted molar refractivity (Wildman–Crippen MR) is 62.1 cm³/mol. The molecule has 88 valence electrons. The molecule has 1 unspecified atom stereocenters. The minimum atomic E-state index is 0.000986. The van der Waals surface area contributed by atoms with Gasteiger partial charge < -0.3 is 14.4 Å². The van der Waals surface area contributed by atoms with Gasteiger partial charge in [-0.15, -0.1) is 0 Å². The fourth-order valence-electron chi connectivity index (χ4n) is 2.05. The summed E-state index contributed by atoms with van der Waals surface area (Å²) in [6.45, 7) is 1.69. The SMILES string of the molecule is O=C(c1ccoc1Br)N1CCC(CCO)C1.